The van der Waals surface area contributed by atoms with Crippen LogP contribution in [-0.2, 0) is 0 Å². The van der Waals surface area contributed by atoms with Crippen molar-refractivity contribution < 1.29 is 5.11 Å². The van der Waals surface area contributed by atoms with E-state index in [-0.39, 0.29) is 16.8 Å². The Hall–Kier alpha value is -3.14. The van der Waals surface area contributed by atoms with Gasteiger partial charge in [0.05, 0.1) is 5.69 Å². The predicted molar refractivity (Wildman–Crippen MR) is 72.6 cm³/mol. The Kier molecular flexibility index (Phi) is 3.48. The van der Waals surface area contributed by atoms with Gasteiger partial charge in [0, 0.05) is 5.56 Å². The molecule has 1 aromatic carbocycles. The summed E-state index contributed by atoms with van der Waals surface area (Å²) >= 11 is 0. The summed E-state index contributed by atoms with van der Waals surface area (Å²) < 4.78 is 0.477. The van der Waals surface area contributed by atoms with E-state index in [4.69, 9.17) is 11.1 Å². The van der Waals surface area contributed by atoms with E-state index in [1.165, 1.54) is 6.92 Å². The van der Waals surface area contributed by atoms with Crippen molar-refractivity contribution in [3.8, 4) is 11.9 Å². The van der Waals surface area contributed by atoms with E-state index in [0.29, 0.717) is 10.4 Å². The summed E-state index contributed by atoms with van der Waals surface area (Å²) in [5, 5.41) is 26.6. The molecule has 100 valence electrons. The number of azo groups is 1. The summed E-state index contributed by atoms with van der Waals surface area (Å²) in [6.07, 6.45) is 0. The van der Waals surface area contributed by atoms with Crippen molar-refractivity contribution in [2.45, 2.75) is 6.92 Å². The number of aromatic hydroxyl groups is 1. The highest BCUT2D eigenvalue weighted by molar-refractivity contribution is 5.59. The van der Waals surface area contributed by atoms with Crippen LogP contribution < -0.4 is 11.4 Å². The standard InChI is InChI=1S/C13H11N5O2/c1-8-10(7-14)12(19)18(15)13(20)11(8)17-16-9-5-3-2-4-6-9/h2-6,20H,15H2,1H3/b17-16+. The molecule has 0 amide bonds. The minimum Gasteiger partial charge on any atom is -0.492 e. The average molecular weight is 269 g/mol. The molecule has 2 rings (SSSR count). The summed E-state index contributed by atoms with van der Waals surface area (Å²) in [6.45, 7) is 1.50. The van der Waals surface area contributed by atoms with Crippen molar-refractivity contribution >= 4 is 11.4 Å². The van der Waals surface area contributed by atoms with E-state index in [9.17, 15) is 9.90 Å². The number of hydrogen-bond acceptors (Lipinski definition) is 6. The van der Waals surface area contributed by atoms with Gasteiger partial charge in [-0.15, -0.1) is 5.11 Å². The number of nitrogens with zero attached hydrogens (tertiary/aromatic N) is 4. The van der Waals surface area contributed by atoms with E-state index >= 15 is 0 Å². The molecule has 0 saturated heterocycles. The Morgan fingerprint density at radius 1 is 1.30 bits per heavy atom. The van der Waals surface area contributed by atoms with Crippen molar-refractivity contribution in [1.29, 1.82) is 5.26 Å². The second-order valence-corrected chi connectivity index (χ2v) is 3.99. The first-order valence-corrected chi connectivity index (χ1v) is 5.66. The molecule has 1 aromatic heterocycles. The maximum atomic E-state index is 11.7. The first kappa shape index (κ1) is 13.3. The summed E-state index contributed by atoms with van der Waals surface area (Å²) in [4.78, 5) is 11.7. The van der Waals surface area contributed by atoms with Crippen molar-refractivity contribution in [3.63, 3.8) is 0 Å². The van der Waals surface area contributed by atoms with Crippen LogP contribution in [0.1, 0.15) is 11.1 Å². The monoisotopic (exact) mass is 269 g/mol. The summed E-state index contributed by atoms with van der Waals surface area (Å²) in [5.74, 6) is 4.86. The quantitative estimate of drug-likeness (QED) is 0.639. The number of aromatic nitrogens is 1. The van der Waals surface area contributed by atoms with Crippen LogP contribution in [0.4, 0.5) is 11.4 Å². The van der Waals surface area contributed by atoms with Crippen molar-refractivity contribution in [3.05, 3.63) is 51.8 Å². The molecular weight excluding hydrogens is 258 g/mol. The smallest absolute Gasteiger partial charge is 0.290 e. The van der Waals surface area contributed by atoms with Gasteiger partial charge in [0.1, 0.15) is 11.6 Å². The van der Waals surface area contributed by atoms with E-state index < -0.39 is 11.4 Å². The van der Waals surface area contributed by atoms with Gasteiger partial charge < -0.3 is 10.9 Å². The Balaban J connectivity index is 2.59. The van der Waals surface area contributed by atoms with Crippen LogP contribution in [0.25, 0.3) is 0 Å². The topological polar surface area (TPSA) is 117 Å². The zero-order chi connectivity index (χ0) is 14.7. The third kappa shape index (κ3) is 2.22. The Morgan fingerprint density at radius 2 is 1.95 bits per heavy atom. The van der Waals surface area contributed by atoms with Gasteiger partial charge in [0.25, 0.3) is 5.56 Å². The highest BCUT2D eigenvalue weighted by Gasteiger charge is 2.17. The second kappa shape index (κ2) is 5.24. The van der Waals surface area contributed by atoms with Crippen LogP contribution in [0.5, 0.6) is 5.88 Å². The van der Waals surface area contributed by atoms with Gasteiger partial charge in [0.15, 0.2) is 5.69 Å². The molecule has 0 bridgehead atoms. The zero-order valence-electron chi connectivity index (χ0n) is 10.6. The number of nitrogens with two attached hydrogens (primary N) is 1. The van der Waals surface area contributed by atoms with Gasteiger partial charge in [-0.2, -0.15) is 15.1 Å². The fourth-order valence-corrected chi connectivity index (χ4v) is 1.63. The predicted octanol–water partition coefficient (Wildman–Crippen LogP) is 1.86. The average Bonchev–Trinajstić information content (AvgIpc) is 2.47. The third-order valence-electron chi connectivity index (χ3n) is 2.74. The molecule has 0 radical (unpaired) electrons. The van der Waals surface area contributed by atoms with Crippen LogP contribution in [0.2, 0.25) is 0 Å². The van der Waals surface area contributed by atoms with Crippen LogP contribution in [0.3, 0.4) is 0 Å². The Bertz CT molecular complexity index is 772. The maximum Gasteiger partial charge on any atom is 0.290 e. The highest BCUT2D eigenvalue weighted by Crippen LogP contribution is 2.30. The lowest BCUT2D eigenvalue weighted by Crippen LogP contribution is -2.29. The van der Waals surface area contributed by atoms with Crippen LogP contribution >= 0.6 is 0 Å². The molecule has 0 unspecified atom stereocenters. The van der Waals surface area contributed by atoms with Gasteiger partial charge in [0.2, 0.25) is 5.88 Å². The van der Waals surface area contributed by atoms with Gasteiger partial charge >= 0.3 is 0 Å². The number of benzene rings is 1. The van der Waals surface area contributed by atoms with Crippen LogP contribution in [-0.4, -0.2) is 9.78 Å². The maximum absolute atomic E-state index is 11.7. The lowest BCUT2D eigenvalue weighted by Gasteiger charge is -2.08. The van der Waals surface area contributed by atoms with Crippen LogP contribution in [0, 0.1) is 18.3 Å². The number of pyridine rings is 1. The van der Waals surface area contributed by atoms with Crippen LogP contribution in [0.15, 0.2) is 45.4 Å². The van der Waals surface area contributed by atoms with Crippen molar-refractivity contribution in [2.75, 3.05) is 5.84 Å². The molecule has 1 heterocycles. The lowest BCUT2D eigenvalue weighted by atomic mass is 10.1. The molecular formula is C13H11N5O2. The molecule has 0 aliphatic rings. The number of nitrogen functional groups attached to an aromatic ring is 1. The second-order valence-electron chi connectivity index (χ2n) is 3.99. The third-order valence-corrected chi connectivity index (χ3v) is 2.74. The van der Waals surface area contributed by atoms with Gasteiger partial charge in [-0.05, 0) is 19.1 Å². The fraction of sp³-hybridized carbons (Fsp3) is 0.0769. The molecule has 0 saturated carbocycles. The number of rotatable bonds is 2. The molecule has 0 aliphatic heterocycles. The summed E-state index contributed by atoms with van der Waals surface area (Å²) in [5.41, 5.74) is -0.156. The summed E-state index contributed by atoms with van der Waals surface area (Å²) in [6, 6.07) is 10.6. The van der Waals surface area contributed by atoms with Gasteiger partial charge in [-0.1, -0.05) is 18.2 Å². The Morgan fingerprint density at radius 3 is 2.55 bits per heavy atom. The molecule has 7 heteroatoms. The largest absolute Gasteiger partial charge is 0.492 e. The molecule has 2 aromatic rings. The minimum atomic E-state index is -0.777. The zero-order valence-corrected chi connectivity index (χ0v) is 10.6. The number of nitriles is 1. The molecule has 0 fully saturated rings. The van der Waals surface area contributed by atoms with E-state index in [0.717, 1.165) is 0 Å². The number of hydrogen-bond donors (Lipinski definition) is 2. The molecule has 0 aliphatic carbocycles. The SMILES string of the molecule is Cc1c(/N=N/c2ccccc2)c(O)n(N)c(=O)c1C#N. The first-order chi connectivity index (χ1) is 9.56. The van der Waals surface area contributed by atoms with Crippen molar-refractivity contribution in [2.24, 2.45) is 10.2 Å². The fourth-order valence-electron chi connectivity index (χ4n) is 1.63. The van der Waals surface area contributed by atoms with E-state index in [1.54, 1.807) is 30.3 Å². The van der Waals surface area contributed by atoms with Gasteiger partial charge in [-0.3, -0.25) is 4.79 Å². The molecule has 7 nitrogen and oxygen atoms in total. The Labute approximate surface area is 114 Å². The van der Waals surface area contributed by atoms with Crippen molar-refractivity contribution in [1.82, 2.24) is 4.68 Å². The molecule has 3 N–H and O–H groups in total. The van der Waals surface area contributed by atoms with E-state index in [2.05, 4.69) is 10.2 Å². The summed E-state index contributed by atoms with van der Waals surface area (Å²) in [7, 11) is 0. The first-order valence-electron chi connectivity index (χ1n) is 5.66. The molecule has 0 atom stereocenters. The molecule has 20 heavy (non-hydrogen) atoms. The van der Waals surface area contributed by atoms with Gasteiger partial charge in [-0.25, -0.2) is 0 Å². The highest BCUT2D eigenvalue weighted by atomic mass is 16.3. The molecule has 0 spiro atoms. The van der Waals surface area contributed by atoms with E-state index in [1.807, 2.05) is 6.07 Å². The normalized spacial score (nSPS) is 10.6. The lowest BCUT2D eigenvalue weighted by molar-refractivity contribution is 0.430. The minimum absolute atomic E-state index is 0.00694.